The summed E-state index contributed by atoms with van der Waals surface area (Å²) in [7, 11) is 0. The van der Waals surface area contributed by atoms with Gasteiger partial charge in [-0.3, -0.25) is 0 Å². The van der Waals surface area contributed by atoms with Crippen molar-refractivity contribution in [3.63, 3.8) is 0 Å². The largest absolute Gasteiger partial charge is 2.00 e. The quantitative estimate of drug-likeness (QED) is 0.150. The summed E-state index contributed by atoms with van der Waals surface area (Å²) < 4.78 is 0. The summed E-state index contributed by atoms with van der Waals surface area (Å²) in [6.07, 6.45) is 0.406. The van der Waals surface area contributed by atoms with Crippen molar-refractivity contribution < 1.29 is 443 Å². The molecule has 49 nitrogen and oxygen atoms in total. The van der Waals surface area contributed by atoms with E-state index in [1.807, 2.05) is 0 Å². The van der Waals surface area contributed by atoms with Crippen molar-refractivity contribution >= 4 is 0 Å². The fourth-order valence-corrected chi connectivity index (χ4v) is 0.431. The molecule has 0 aliphatic heterocycles. The molecule has 0 unspecified atom stereocenters. The maximum Gasteiger partial charge on any atom is 0 e. The molecule has 483 valence electrons. The predicted molar refractivity (Wildman–Crippen MR) is 117 cm³/mol. The first kappa shape index (κ1) is 2010. The van der Waals surface area contributed by atoms with Gasteiger partial charge in [-0.25, -0.2) is 0 Å². The molecule has 42 N–H and O–H groups in total. The van der Waals surface area contributed by atoms with E-state index in [1.54, 1.807) is 6.92 Å². The minimum Gasteiger partial charge on any atom is -2.00 e. The molecule has 65 heavy (non-hydrogen) atoms. The SMILES string of the molecule is CCC(C[O-])(C[O-])C[O-].O.O.O.O.O.O.O.O.O.[Mo].[Mo].[Mo].[Mo].[Mo].[Mo].[Mo].[Mo].[Mo].[NH4+].[NH4+].[NH4+].[NH4+].[NH4+].[NH4+].[O-2].[O-2].[O-2].[O-2].[O-2].[O-2].[O-2].[O-2].[O-2].[O-2].[O-2].[O-2].[O-2].[O-2].[O-2].[O-2].[O-2].[O-2].[O-2].[O-2].[O-2].[O-2].[O-2].[O-2].[O-2].[O-2].[O-2].[O-2].[O-2].[O-2].[O-2].[V]. The monoisotopic (exact) mass is 1830 g/mol. The maximum absolute atomic E-state index is 10.2. The Balaban J connectivity index is -0.000000000208. The summed E-state index contributed by atoms with van der Waals surface area (Å²) in [5.74, 6) is 0. The molecule has 0 amide bonds. The Bertz CT molecular complexity index is 142. The Morgan fingerprint density at radius 3 is 0.262 bits per heavy atom. The van der Waals surface area contributed by atoms with E-state index in [1.165, 1.54) is 0 Å². The van der Waals surface area contributed by atoms with E-state index >= 15 is 0 Å². The molecule has 0 spiro atoms. The van der Waals surface area contributed by atoms with E-state index in [2.05, 4.69) is 0 Å². The van der Waals surface area contributed by atoms with Crippen molar-refractivity contribution in [2.24, 2.45) is 5.41 Å². The van der Waals surface area contributed by atoms with Crippen LogP contribution in [0.1, 0.15) is 13.3 Å². The molecule has 0 aliphatic carbocycles. The number of rotatable bonds is 4. The normalized spacial score (nSPS) is 1.66. The molecule has 0 saturated heterocycles. The van der Waals surface area contributed by atoms with Crippen LogP contribution >= 0.6 is 0 Å². The second-order valence-corrected chi connectivity index (χ2v) is 2.29. The Kier molecular flexibility index (Phi) is 44600. The number of quaternary nitrogens is 6. The molecule has 0 atom stereocenters. The molecule has 0 rings (SSSR count). The van der Waals surface area contributed by atoms with Crippen LogP contribution in [0.2, 0.25) is 0 Å². The number of hydrogen-bond acceptors (Lipinski definition) is 3. The molecule has 0 heterocycles. The molecule has 59 heteroatoms. The second-order valence-electron chi connectivity index (χ2n) is 2.29. The third-order valence-electron chi connectivity index (χ3n) is 1.67. The zero-order valence-corrected chi connectivity index (χ0v) is 52.3. The van der Waals surface area contributed by atoms with Crippen molar-refractivity contribution in [1.29, 1.82) is 0 Å². The summed E-state index contributed by atoms with van der Waals surface area (Å²) in [4.78, 5) is 0. The van der Waals surface area contributed by atoms with Crippen molar-refractivity contribution in [2.45, 2.75) is 13.3 Å². The van der Waals surface area contributed by atoms with E-state index in [0.717, 1.165) is 0 Å². The van der Waals surface area contributed by atoms with Crippen molar-refractivity contribution in [1.82, 2.24) is 36.9 Å². The fraction of sp³-hybridized carbons (Fsp3) is 1.00. The molecular formula is C6H53Mo9N6O43V-59. The number of hydrogen-bond donors (Lipinski definition) is 6. The van der Waals surface area contributed by atoms with Gasteiger partial charge < -0.3 is 271 Å². The summed E-state index contributed by atoms with van der Waals surface area (Å²) in [6.45, 7) is 0.108. The molecule has 0 aliphatic rings. The van der Waals surface area contributed by atoms with E-state index in [4.69, 9.17) is 0 Å². The molecule has 0 aromatic rings. The molecule has 1 radical (unpaired) electrons. The van der Waals surface area contributed by atoms with Crippen LogP contribution in [0.15, 0.2) is 0 Å². The first-order valence-electron chi connectivity index (χ1n) is 2.99. The Labute approximate surface area is 512 Å². The van der Waals surface area contributed by atoms with Gasteiger partial charge in [-0.1, -0.05) is 18.8 Å². The van der Waals surface area contributed by atoms with Gasteiger partial charge in [0.1, 0.15) is 0 Å². The molecule has 0 bridgehead atoms. The zero-order valence-electron chi connectivity index (χ0n) is 32.8. The standard InChI is InChI=1S/C6H11O3.9Mo.6H3N.9H2O.31O.V/c1-2-6(3-7,4-8)5-9;;;;;;;;;;;;;;;;;;;;;;;;;;;;;;;;;;;;;;;;;;;;;;;;;;;;;;;;/h2-5H2,1H3;;;;;;;;;;6*1H3;9*1H2;;;;;;;;;;;;;;;;;;;;;;;;;;;;;;;;/q-3;;;;;;;;;;;;;;;;;;;;;;;;;31*-2;/p+6. The van der Waals surface area contributed by atoms with Gasteiger partial charge in [0.25, 0.3) is 0 Å². The molecule has 0 aromatic heterocycles. The maximum atomic E-state index is 10.2. The Morgan fingerprint density at radius 2 is 0.262 bits per heavy atom. The van der Waals surface area contributed by atoms with Crippen LogP contribution < -0.4 is 52.2 Å². The average Bonchev–Trinajstić information content (AvgIpc) is 1.95. The summed E-state index contributed by atoms with van der Waals surface area (Å²) in [6, 6.07) is 0. The zero-order chi connectivity index (χ0) is 7.33. The van der Waals surface area contributed by atoms with Crippen molar-refractivity contribution in [3.8, 4) is 0 Å². The van der Waals surface area contributed by atoms with Crippen LogP contribution in [0.4, 0.5) is 0 Å². The van der Waals surface area contributed by atoms with Crippen LogP contribution in [0.3, 0.4) is 0 Å². The van der Waals surface area contributed by atoms with Gasteiger partial charge >= 0.3 is 0 Å². The van der Waals surface area contributed by atoms with Crippen LogP contribution in [0.5, 0.6) is 0 Å². The first-order chi connectivity index (χ1) is 4.24. The van der Waals surface area contributed by atoms with Crippen LogP contribution in [0.25, 0.3) is 0 Å². The van der Waals surface area contributed by atoms with Crippen molar-refractivity contribution in [3.05, 3.63) is 0 Å². The van der Waals surface area contributed by atoms with Crippen molar-refractivity contribution in [2.75, 3.05) is 19.8 Å². The van der Waals surface area contributed by atoms with E-state index in [0.29, 0.717) is 6.42 Å². The molecule has 0 saturated carbocycles. The van der Waals surface area contributed by atoms with E-state index in [9.17, 15) is 15.3 Å². The second kappa shape index (κ2) is 1440. The predicted octanol–water partition coefficient (Wildman–Crippen LogP) is -11.4. The van der Waals surface area contributed by atoms with Crippen LogP contribution in [-0.2, 0) is 378 Å². The van der Waals surface area contributed by atoms with E-state index < -0.39 is 25.2 Å². The molecule has 0 fully saturated rings. The van der Waals surface area contributed by atoms with E-state index in [-0.39, 0.29) is 464 Å². The summed E-state index contributed by atoms with van der Waals surface area (Å²) in [5, 5.41) is 30.7. The van der Waals surface area contributed by atoms with Crippen LogP contribution in [0, 0.1) is 5.41 Å². The Hall–Kier alpha value is 4.82. The van der Waals surface area contributed by atoms with Gasteiger partial charge in [0, 0.05) is 208 Å². The first-order valence-corrected chi connectivity index (χ1v) is 2.99. The van der Waals surface area contributed by atoms with Gasteiger partial charge in [0.2, 0.25) is 0 Å². The summed E-state index contributed by atoms with van der Waals surface area (Å²) in [5.41, 5.74) is -1.00. The third-order valence-corrected chi connectivity index (χ3v) is 1.67. The average molecular weight is 1810 g/mol. The minimum absolute atomic E-state index is 0. The molecular weight excluding hydrogens is 1760 g/mol. The Morgan fingerprint density at radius 1 is 0.215 bits per heavy atom. The van der Waals surface area contributed by atoms with Gasteiger partial charge in [-0.05, 0) is 0 Å². The van der Waals surface area contributed by atoms with Gasteiger partial charge in [-0.2, -0.15) is 0 Å². The smallest absolute Gasteiger partial charge is 0 e. The summed E-state index contributed by atoms with van der Waals surface area (Å²) >= 11 is 0. The van der Waals surface area contributed by atoms with Crippen LogP contribution in [-0.4, -0.2) is 69.1 Å². The molecule has 0 aromatic carbocycles. The van der Waals surface area contributed by atoms with Gasteiger partial charge in [-0.15, -0.1) is 19.8 Å². The minimum atomic E-state index is -1.00. The topological polar surface area (TPSA) is 1460 Å². The van der Waals surface area contributed by atoms with Gasteiger partial charge in [0.15, 0.2) is 0 Å². The third kappa shape index (κ3) is 1090. The van der Waals surface area contributed by atoms with Gasteiger partial charge in [0.05, 0.1) is 0 Å². The fourth-order valence-electron chi connectivity index (χ4n) is 0.431.